The van der Waals surface area contributed by atoms with E-state index in [1.54, 1.807) is 0 Å². The van der Waals surface area contributed by atoms with Crippen LogP contribution in [0.4, 0.5) is 0 Å². The normalized spacial score (nSPS) is 0. The molecule has 0 amide bonds. The molecule has 20 valence electrons. The van der Waals surface area contributed by atoms with Gasteiger partial charge in [0, 0.05) is 0 Å². The van der Waals surface area contributed by atoms with Crippen LogP contribution in [0.3, 0.4) is 0 Å². The van der Waals surface area contributed by atoms with E-state index in [0.717, 1.165) is 0 Å². The van der Waals surface area contributed by atoms with Crippen molar-refractivity contribution in [2.45, 2.75) is 0 Å². The summed E-state index contributed by atoms with van der Waals surface area (Å²) in [6.07, 6.45) is 0. The van der Waals surface area contributed by atoms with Crippen molar-refractivity contribution in [3.05, 3.63) is 37.1 Å². The molecular weight excluding hydrogens is 60.1 g/mol. The zero-order valence-electron chi connectivity index (χ0n) is 2.50. The minimum absolute atomic E-state index is 0. The molecule has 0 nitrogen and oxygen atoms in total. The maximum absolute atomic E-state index is 0. The Morgan fingerprint density at radius 2 is 0.400 bits per heavy atom. The SMILES string of the molecule is [C+4].[C-].[C-].[C-].[C-]. The maximum Gasteiger partial charge on any atom is 4.00 e. The van der Waals surface area contributed by atoms with Gasteiger partial charge in [0.25, 0.3) is 0 Å². The van der Waals surface area contributed by atoms with E-state index in [1.165, 1.54) is 0 Å². The van der Waals surface area contributed by atoms with Gasteiger partial charge in [-0.2, -0.15) is 0 Å². The van der Waals surface area contributed by atoms with E-state index in [-0.39, 0.29) is 37.1 Å². The quantitative estimate of drug-likeness (QED) is 0.355. The second-order valence-electron chi connectivity index (χ2n) is 0. The summed E-state index contributed by atoms with van der Waals surface area (Å²) in [5.74, 6) is 0. The van der Waals surface area contributed by atoms with Gasteiger partial charge in [-0.05, 0) is 0 Å². The third-order valence-electron chi connectivity index (χ3n) is 0. The molecule has 0 aromatic carbocycles. The fourth-order valence-corrected chi connectivity index (χ4v) is 0. The van der Waals surface area contributed by atoms with Crippen LogP contribution in [0.2, 0.25) is 0 Å². The average Bonchev–Trinajstić information content (AvgIpc) is 0. The van der Waals surface area contributed by atoms with Crippen LogP contribution < -0.4 is 0 Å². The molecule has 0 unspecified atom stereocenters. The van der Waals surface area contributed by atoms with Gasteiger partial charge in [-0.25, -0.2) is 0 Å². The third-order valence-corrected chi connectivity index (χ3v) is 0. The van der Waals surface area contributed by atoms with Gasteiger partial charge in [-0.3, -0.25) is 0 Å². The first-order chi connectivity index (χ1) is 0. The molecule has 0 aromatic rings. The second-order valence-corrected chi connectivity index (χ2v) is 0. The molecule has 0 aromatic heterocycles. The van der Waals surface area contributed by atoms with Crippen molar-refractivity contribution in [2.24, 2.45) is 0 Å². The Kier molecular flexibility index (Phi) is 0. The summed E-state index contributed by atoms with van der Waals surface area (Å²) < 4.78 is 0. The van der Waals surface area contributed by atoms with Gasteiger partial charge in [-0.1, -0.05) is 0 Å². The van der Waals surface area contributed by atoms with Crippen LogP contribution >= 0.6 is 0 Å². The Morgan fingerprint density at radius 3 is 0.400 bits per heavy atom. The fourth-order valence-electron chi connectivity index (χ4n) is 0. The third kappa shape index (κ3) is 0. The van der Waals surface area contributed by atoms with E-state index < -0.39 is 0 Å². The van der Waals surface area contributed by atoms with Crippen LogP contribution in [0.25, 0.3) is 0 Å². The van der Waals surface area contributed by atoms with Gasteiger partial charge in [-0.15, -0.1) is 0 Å². The average molecular weight is 60.1 g/mol. The predicted molar refractivity (Wildman–Crippen MR) is 16.2 cm³/mol. The zero-order chi connectivity index (χ0) is 0. The number of rotatable bonds is 0. The summed E-state index contributed by atoms with van der Waals surface area (Å²) in [7, 11) is 0. The van der Waals surface area contributed by atoms with E-state index in [0.29, 0.717) is 0 Å². The van der Waals surface area contributed by atoms with Crippen molar-refractivity contribution in [1.82, 2.24) is 0 Å². The molecule has 0 spiro atoms. The molecule has 0 aliphatic carbocycles. The van der Waals surface area contributed by atoms with Crippen molar-refractivity contribution in [2.75, 3.05) is 0 Å². The van der Waals surface area contributed by atoms with E-state index >= 15 is 0 Å². The molecule has 12 radical (unpaired) electrons. The largest absolute Gasteiger partial charge is 4.00 e. The Morgan fingerprint density at radius 1 is 0.400 bits per heavy atom. The molecule has 0 aliphatic rings. The first-order valence-electron chi connectivity index (χ1n) is 0. The van der Waals surface area contributed by atoms with Gasteiger partial charge >= 0.3 is 7.43 Å². The molecule has 0 bridgehead atoms. The smallest absolute Gasteiger partial charge is 1.00 e. The zero-order valence-corrected chi connectivity index (χ0v) is 2.50. The summed E-state index contributed by atoms with van der Waals surface area (Å²) >= 11 is 0. The maximum atomic E-state index is 0. The minimum atomic E-state index is 0. The first kappa shape index (κ1) is 0. The van der Waals surface area contributed by atoms with Crippen LogP contribution in [-0.4, -0.2) is 0 Å². The molecule has 5 heavy (non-hydrogen) atoms. The topological polar surface area (TPSA) is 0 Å². The summed E-state index contributed by atoms with van der Waals surface area (Å²) in [6, 6.07) is 0. The predicted octanol–water partition coefficient (Wildman–Crippen LogP) is 0.406. The Balaban J connectivity index is 0. The fraction of sp³-hybridized carbons (Fsp3) is 0. The van der Waals surface area contributed by atoms with Crippen molar-refractivity contribution in [1.29, 1.82) is 0 Å². The summed E-state index contributed by atoms with van der Waals surface area (Å²) in [4.78, 5) is 0. The summed E-state index contributed by atoms with van der Waals surface area (Å²) in [5.41, 5.74) is 0. The van der Waals surface area contributed by atoms with Crippen LogP contribution in [0.5, 0.6) is 0 Å². The van der Waals surface area contributed by atoms with Gasteiger partial charge in [0.15, 0.2) is 0 Å². The molecule has 0 saturated carbocycles. The number of hydrogen-bond acceptors (Lipinski definition) is 0. The monoisotopic (exact) mass is 60.0 g/mol. The van der Waals surface area contributed by atoms with Crippen LogP contribution in [0.15, 0.2) is 0 Å². The Bertz CT molecular complexity index is 0. The van der Waals surface area contributed by atoms with Gasteiger partial charge in [0.05, 0.1) is 0 Å². The first-order valence-corrected chi connectivity index (χ1v) is 0. The molecule has 0 heterocycles. The van der Waals surface area contributed by atoms with Crippen molar-refractivity contribution in [3.8, 4) is 0 Å². The molecule has 0 saturated heterocycles. The Labute approximate surface area is 38.2 Å². The second kappa shape index (κ2) is 0. The standard InChI is InChI=1S/5C/q4*-1;+4. The van der Waals surface area contributed by atoms with Gasteiger partial charge in [0.1, 0.15) is 0 Å². The summed E-state index contributed by atoms with van der Waals surface area (Å²) in [6.45, 7) is 0. The van der Waals surface area contributed by atoms with Crippen LogP contribution in [-0.2, 0) is 0 Å². The van der Waals surface area contributed by atoms with Crippen molar-refractivity contribution in [3.63, 3.8) is 0 Å². The molecule has 0 heteroatoms. The molecule has 0 atom stereocenters. The van der Waals surface area contributed by atoms with Gasteiger partial charge < -0.3 is 29.7 Å². The van der Waals surface area contributed by atoms with Crippen LogP contribution in [0.1, 0.15) is 0 Å². The molecule has 0 fully saturated rings. The Hall–Kier alpha value is 0. The molecule has 0 N–H and O–H groups in total. The molecule has 0 rings (SSSR count). The minimum Gasteiger partial charge on any atom is -1.00 e. The number of hydrogen-bond donors (Lipinski definition) is 0. The van der Waals surface area contributed by atoms with Crippen LogP contribution in [0, 0.1) is 37.1 Å². The van der Waals surface area contributed by atoms with E-state index in [2.05, 4.69) is 0 Å². The van der Waals surface area contributed by atoms with Gasteiger partial charge in [0.2, 0.25) is 0 Å². The van der Waals surface area contributed by atoms with Crippen molar-refractivity contribution >= 4 is 0 Å². The van der Waals surface area contributed by atoms with Crippen molar-refractivity contribution < 1.29 is 0 Å². The molecular formula is C5. The van der Waals surface area contributed by atoms with E-state index in [1.807, 2.05) is 0 Å². The van der Waals surface area contributed by atoms with E-state index in [9.17, 15) is 0 Å². The van der Waals surface area contributed by atoms with E-state index in [4.69, 9.17) is 0 Å². The molecule has 0 aliphatic heterocycles. The summed E-state index contributed by atoms with van der Waals surface area (Å²) in [5, 5.41) is 0.